The van der Waals surface area contributed by atoms with E-state index in [1.807, 2.05) is 20.8 Å². The summed E-state index contributed by atoms with van der Waals surface area (Å²) >= 11 is 0. The van der Waals surface area contributed by atoms with Crippen LogP contribution in [0.15, 0.2) is 0 Å². The smallest absolute Gasteiger partial charge is 0.308 e. The van der Waals surface area contributed by atoms with Crippen molar-refractivity contribution in [3.8, 4) is 0 Å². The van der Waals surface area contributed by atoms with Gasteiger partial charge in [-0.05, 0) is 33.6 Å². The molecule has 0 aliphatic carbocycles. The number of rotatable bonds is 2. The summed E-state index contributed by atoms with van der Waals surface area (Å²) < 4.78 is 5.23. The second-order valence-electron chi connectivity index (χ2n) is 5.30. The summed E-state index contributed by atoms with van der Waals surface area (Å²) in [5, 5.41) is 2.86. The Kier molecular flexibility index (Phi) is 4.33. The van der Waals surface area contributed by atoms with E-state index < -0.39 is 5.60 Å². The molecule has 1 N–H and O–H groups in total. The van der Waals surface area contributed by atoms with Gasteiger partial charge in [0.2, 0.25) is 5.91 Å². The van der Waals surface area contributed by atoms with Crippen molar-refractivity contribution in [3.63, 3.8) is 0 Å². The molecule has 0 aromatic heterocycles. The maximum atomic E-state index is 11.6. The molecule has 1 aliphatic rings. The normalized spacial score (nSPS) is 22.2. The van der Waals surface area contributed by atoms with Crippen LogP contribution in [0, 0.1) is 0 Å². The van der Waals surface area contributed by atoms with Crippen molar-refractivity contribution >= 4 is 11.9 Å². The molecular weight excluding hydrogens is 206 g/mol. The molecule has 0 aromatic carbocycles. The molecule has 1 atom stereocenters. The molecule has 0 radical (unpaired) electrons. The number of carbonyl (C=O) groups excluding carboxylic acids is 2. The van der Waals surface area contributed by atoms with Crippen LogP contribution in [-0.4, -0.2) is 23.5 Å². The standard InChI is InChI=1S/C12H21NO3/c1-12(2,3)16-11(15)8-9-6-4-5-7-10(14)13-9/h9H,4-8H2,1-3H3,(H,13,14). The third kappa shape index (κ3) is 5.14. The minimum atomic E-state index is -0.453. The Hall–Kier alpha value is -1.06. The Balaban J connectivity index is 2.40. The van der Waals surface area contributed by atoms with E-state index in [0.29, 0.717) is 6.42 Å². The average Bonchev–Trinajstić information content (AvgIpc) is 2.26. The lowest BCUT2D eigenvalue weighted by molar-refractivity contribution is -0.155. The van der Waals surface area contributed by atoms with E-state index in [1.165, 1.54) is 0 Å². The number of ether oxygens (including phenoxy) is 1. The molecule has 1 fully saturated rings. The monoisotopic (exact) mass is 227 g/mol. The number of hydrogen-bond acceptors (Lipinski definition) is 3. The summed E-state index contributed by atoms with van der Waals surface area (Å²) in [4.78, 5) is 22.9. The van der Waals surface area contributed by atoms with Crippen LogP contribution in [-0.2, 0) is 14.3 Å². The molecule has 1 saturated heterocycles. The number of hydrogen-bond donors (Lipinski definition) is 1. The zero-order valence-corrected chi connectivity index (χ0v) is 10.3. The van der Waals surface area contributed by atoms with Crippen LogP contribution in [0.25, 0.3) is 0 Å². The molecule has 4 heteroatoms. The van der Waals surface area contributed by atoms with Crippen molar-refractivity contribution in [2.24, 2.45) is 0 Å². The SMILES string of the molecule is CC(C)(C)OC(=O)CC1CCCCC(=O)N1. The molecule has 0 spiro atoms. The fourth-order valence-electron chi connectivity index (χ4n) is 1.79. The Morgan fingerprint density at radius 2 is 2.12 bits per heavy atom. The first-order valence-electron chi connectivity index (χ1n) is 5.88. The van der Waals surface area contributed by atoms with Gasteiger partial charge in [-0.25, -0.2) is 0 Å². The van der Waals surface area contributed by atoms with Crippen molar-refractivity contribution < 1.29 is 14.3 Å². The molecule has 16 heavy (non-hydrogen) atoms. The largest absolute Gasteiger partial charge is 0.460 e. The van der Waals surface area contributed by atoms with Gasteiger partial charge >= 0.3 is 5.97 Å². The molecule has 92 valence electrons. The third-order valence-corrected chi connectivity index (χ3v) is 2.40. The predicted octanol–water partition coefficient (Wildman–Crippen LogP) is 1.78. The lowest BCUT2D eigenvalue weighted by atomic mass is 10.1. The summed E-state index contributed by atoms with van der Waals surface area (Å²) in [6.07, 6.45) is 3.63. The van der Waals surface area contributed by atoms with Crippen LogP contribution in [0.5, 0.6) is 0 Å². The van der Waals surface area contributed by atoms with Crippen LogP contribution >= 0.6 is 0 Å². The summed E-state index contributed by atoms with van der Waals surface area (Å²) in [6, 6.07) is -0.0511. The fourth-order valence-corrected chi connectivity index (χ4v) is 1.79. The van der Waals surface area contributed by atoms with Crippen molar-refractivity contribution in [3.05, 3.63) is 0 Å². The minimum absolute atomic E-state index is 0.0473. The van der Waals surface area contributed by atoms with Gasteiger partial charge in [0.1, 0.15) is 5.60 Å². The van der Waals surface area contributed by atoms with Crippen LogP contribution in [0.1, 0.15) is 52.9 Å². The Bertz CT molecular complexity index is 268. The molecule has 1 unspecified atom stereocenters. The Morgan fingerprint density at radius 3 is 2.75 bits per heavy atom. The van der Waals surface area contributed by atoms with Crippen LogP contribution < -0.4 is 5.32 Å². The minimum Gasteiger partial charge on any atom is -0.460 e. The first kappa shape index (κ1) is 13.0. The lowest BCUT2D eigenvalue weighted by Gasteiger charge is -2.22. The number of amides is 1. The first-order valence-corrected chi connectivity index (χ1v) is 5.88. The summed E-state index contributed by atoms with van der Waals surface area (Å²) in [5.41, 5.74) is -0.453. The van der Waals surface area contributed by atoms with Gasteiger partial charge in [0, 0.05) is 12.5 Å². The van der Waals surface area contributed by atoms with Gasteiger partial charge in [-0.15, -0.1) is 0 Å². The van der Waals surface area contributed by atoms with Gasteiger partial charge in [0.15, 0.2) is 0 Å². The maximum Gasteiger partial charge on any atom is 0.308 e. The molecule has 4 nitrogen and oxygen atoms in total. The zero-order chi connectivity index (χ0) is 12.2. The van der Waals surface area contributed by atoms with E-state index in [9.17, 15) is 9.59 Å². The van der Waals surface area contributed by atoms with Gasteiger partial charge < -0.3 is 10.1 Å². The van der Waals surface area contributed by atoms with E-state index in [2.05, 4.69) is 5.32 Å². The van der Waals surface area contributed by atoms with Gasteiger partial charge in [0.25, 0.3) is 0 Å². The lowest BCUT2D eigenvalue weighted by Crippen LogP contribution is -2.36. The third-order valence-electron chi connectivity index (χ3n) is 2.40. The maximum absolute atomic E-state index is 11.6. The van der Waals surface area contributed by atoms with E-state index in [1.54, 1.807) is 0 Å². The van der Waals surface area contributed by atoms with Crippen molar-refractivity contribution in [1.29, 1.82) is 0 Å². The van der Waals surface area contributed by atoms with Crippen molar-refractivity contribution in [1.82, 2.24) is 5.32 Å². The van der Waals surface area contributed by atoms with Gasteiger partial charge in [-0.3, -0.25) is 9.59 Å². The summed E-state index contributed by atoms with van der Waals surface area (Å²) in [6.45, 7) is 5.53. The van der Waals surface area contributed by atoms with Crippen molar-refractivity contribution in [2.75, 3.05) is 0 Å². The van der Waals surface area contributed by atoms with Crippen molar-refractivity contribution in [2.45, 2.75) is 64.5 Å². The van der Waals surface area contributed by atoms with Gasteiger partial charge in [-0.2, -0.15) is 0 Å². The van der Waals surface area contributed by atoms with Crippen LogP contribution in [0.3, 0.4) is 0 Å². The average molecular weight is 227 g/mol. The molecule has 1 rings (SSSR count). The Morgan fingerprint density at radius 1 is 1.44 bits per heavy atom. The molecule has 1 heterocycles. The highest BCUT2D eigenvalue weighted by Gasteiger charge is 2.22. The molecular formula is C12H21NO3. The van der Waals surface area contributed by atoms with E-state index in [-0.39, 0.29) is 24.3 Å². The second kappa shape index (κ2) is 5.32. The molecule has 1 aliphatic heterocycles. The number of carbonyl (C=O) groups is 2. The predicted molar refractivity (Wildman–Crippen MR) is 60.9 cm³/mol. The van der Waals surface area contributed by atoms with E-state index in [4.69, 9.17) is 4.74 Å². The first-order chi connectivity index (χ1) is 7.37. The molecule has 1 amide bonds. The molecule has 0 aromatic rings. The van der Waals surface area contributed by atoms with Crippen LogP contribution in [0.2, 0.25) is 0 Å². The molecule has 0 saturated carbocycles. The topological polar surface area (TPSA) is 55.4 Å². The highest BCUT2D eigenvalue weighted by Crippen LogP contribution is 2.14. The Labute approximate surface area is 96.7 Å². The number of nitrogens with one attached hydrogen (secondary N) is 1. The summed E-state index contributed by atoms with van der Waals surface area (Å²) in [7, 11) is 0. The van der Waals surface area contributed by atoms with Crippen LogP contribution in [0.4, 0.5) is 0 Å². The second-order valence-corrected chi connectivity index (χ2v) is 5.30. The van der Waals surface area contributed by atoms with Gasteiger partial charge in [-0.1, -0.05) is 6.42 Å². The van der Waals surface area contributed by atoms with E-state index in [0.717, 1.165) is 19.3 Å². The summed E-state index contributed by atoms with van der Waals surface area (Å²) in [5.74, 6) is -0.189. The quantitative estimate of drug-likeness (QED) is 0.731. The number of esters is 1. The molecule has 0 bridgehead atoms. The van der Waals surface area contributed by atoms with Gasteiger partial charge in [0.05, 0.1) is 6.42 Å². The highest BCUT2D eigenvalue weighted by atomic mass is 16.6. The fraction of sp³-hybridized carbons (Fsp3) is 0.833. The zero-order valence-electron chi connectivity index (χ0n) is 10.3. The highest BCUT2D eigenvalue weighted by molar-refractivity contribution is 5.78. The van der Waals surface area contributed by atoms with E-state index >= 15 is 0 Å².